The highest BCUT2D eigenvalue weighted by Gasteiger charge is 2.63. The number of allylic oxidation sites excluding steroid dienone is 1. The third kappa shape index (κ3) is 2.26. The van der Waals surface area contributed by atoms with E-state index in [4.69, 9.17) is 15.2 Å². The molecular formula is C34H37N5. The van der Waals surface area contributed by atoms with Crippen LogP contribution in [0.5, 0.6) is 0 Å². The lowest BCUT2D eigenvalue weighted by molar-refractivity contribution is 0.225. The van der Waals surface area contributed by atoms with Crippen molar-refractivity contribution >= 4 is 16.8 Å². The lowest BCUT2D eigenvalue weighted by atomic mass is 9.70. The van der Waals surface area contributed by atoms with Gasteiger partial charge in [0.1, 0.15) is 11.4 Å². The molecule has 39 heavy (non-hydrogen) atoms. The number of benzene rings is 1. The van der Waals surface area contributed by atoms with E-state index in [9.17, 15) is 0 Å². The first kappa shape index (κ1) is 22.6. The van der Waals surface area contributed by atoms with E-state index in [2.05, 4.69) is 82.1 Å². The van der Waals surface area contributed by atoms with Crippen LogP contribution in [0.4, 0.5) is 0 Å². The van der Waals surface area contributed by atoms with Crippen molar-refractivity contribution in [3.8, 4) is 22.8 Å². The van der Waals surface area contributed by atoms with E-state index in [0.717, 1.165) is 29.2 Å². The van der Waals surface area contributed by atoms with Crippen LogP contribution in [0.15, 0.2) is 24.3 Å². The lowest BCUT2D eigenvalue weighted by Gasteiger charge is -2.34. The maximum Gasteiger partial charge on any atom is 0.115 e. The minimum Gasteiger partial charge on any atom is -0.281 e. The SMILES string of the molecule is CC12CCC(c3c(-c4nc(-c5n[nH]c6c5C5CCC6(C)C5(C)C)c5cccc6c5c4C=CC6)n[nH]c31)C2(C)C. The highest BCUT2D eigenvalue weighted by Crippen LogP contribution is 2.70. The molecule has 2 saturated carbocycles. The molecule has 0 saturated heterocycles. The smallest absolute Gasteiger partial charge is 0.115 e. The van der Waals surface area contributed by atoms with Gasteiger partial charge in [-0.3, -0.25) is 10.2 Å². The van der Waals surface area contributed by atoms with Gasteiger partial charge < -0.3 is 0 Å². The van der Waals surface area contributed by atoms with Gasteiger partial charge in [0.2, 0.25) is 0 Å². The molecule has 5 heteroatoms. The summed E-state index contributed by atoms with van der Waals surface area (Å²) in [6.07, 6.45) is 10.4. The van der Waals surface area contributed by atoms with E-state index in [0.29, 0.717) is 11.8 Å². The van der Waals surface area contributed by atoms with E-state index >= 15 is 0 Å². The summed E-state index contributed by atoms with van der Waals surface area (Å²) < 4.78 is 0. The van der Waals surface area contributed by atoms with Crippen molar-refractivity contribution in [2.45, 2.75) is 96.3 Å². The van der Waals surface area contributed by atoms with Crippen LogP contribution in [0.25, 0.3) is 39.6 Å². The van der Waals surface area contributed by atoms with Crippen molar-refractivity contribution < 1.29 is 0 Å². The zero-order chi connectivity index (χ0) is 26.7. The molecule has 4 aromatic rings. The highest BCUT2D eigenvalue weighted by atomic mass is 15.2. The largest absolute Gasteiger partial charge is 0.281 e. The number of hydrogen-bond acceptors (Lipinski definition) is 3. The molecule has 3 aromatic heterocycles. The Morgan fingerprint density at radius 1 is 0.744 bits per heavy atom. The first-order chi connectivity index (χ1) is 18.6. The molecule has 3 heterocycles. The second-order valence-corrected chi connectivity index (χ2v) is 14.7. The molecule has 198 valence electrons. The van der Waals surface area contributed by atoms with E-state index in [1.807, 2.05) is 0 Å². The Kier molecular flexibility index (Phi) is 3.80. The first-order valence-electron chi connectivity index (χ1n) is 14.9. The molecule has 0 radical (unpaired) electrons. The number of fused-ring (bicyclic) bond motifs is 10. The van der Waals surface area contributed by atoms with Crippen LogP contribution in [-0.2, 0) is 17.3 Å². The highest BCUT2D eigenvalue weighted by molar-refractivity contribution is 6.06. The lowest BCUT2D eigenvalue weighted by Crippen LogP contribution is -2.32. The number of aromatic nitrogens is 5. The van der Waals surface area contributed by atoms with E-state index in [-0.39, 0.29) is 21.7 Å². The molecule has 5 nitrogen and oxygen atoms in total. The van der Waals surface area contributed by atoms with Gasteiger partial charge in [0, 0.05) is 44.3 Å². The van der Waals surface area contributed by atoms with Crippen LogP contribution in [0.1, 0.15) is 113 Å². The Labute approximate surface area is 229 Å². The Morgan fingerprint density at radius 2 is 1.33 bits per heavy atom. The van der Waals surface area contributed by atoms with Crippen LogP contribution < -0.4 is 0 Å². The Hall–Kier alpha value is -3.21. The summed E-state index contributed by atoms with van der Waals surface area (Å²) in [6, 6.07) is 6.74. The van der Waals surface area contributed by atoms with E-state index in [1.165, 1.54) is 70.1 Å². The normalized spacial score (nSPS) is 31.8. The van der Waals surface area contributed by atoms with Crippen LogP contribution in [-0.4, -0.2) is 25.4 Å². The summed E-state index contributed by atoms with van der Waals surface area (Å²) in [5, 5.41) is 19.7. The molecule has 2 fully saturated rings. The maximum absolute atomic E-state index is 5.58. The average Bonchev–Trinajstić information content (AvgIpc) is 3.69. The predicted molar refractivity (Wildman–Crippen MR) is 156 cm³/mol. The summed E-state index contributed by atoms with van der Waals surface area (Å²) in [5.74, 6) is 1.02. The third-order valence-corrected chi connectivity index (χ3v) is 13.1. The maximum atomic E-state index is 5.58. The number of pyridine rings is 1. The molecule has 4 atom stereocenters. The van der Waals surface area contributed by atoms with Crippen molar-refractivity contribution in [2.24, 2.45) is 10.8 Å². The standard InChI is InChI=1S/C34H37N5/c1-31(2)20-13-15-33(31,5)29-23(20)27(36-38-29)25-18-11-7-9-17-10-8-12-19(22(17)18)26(35-25)28-24-21-14-16-34(6,32(21,3)4)30(24)39-37-28/h7-9,11-12,20-21H,10,13-16H2,1-6H3,(H,36,38)(H,37,39). The molecule has 9 rings (SSSR count). The number of nitrogens with one attached hydrogen (secondary N) is 2. The third-order valence-electron chi connectivity index (χ3n) is 13.1. The zero-order valence-corrected chi connectivity index (χ0v) is 23.9. The van der Waals surface area contributed by atoms with Crippen LogP contribution >= 0.6 is 0 Å². The van der Waals surface area contributed by atoms with Crippen LogP contribution in [0, 0.1) is 10.8 Å². The fraction of sp³-hybridized carbons (Fsp3) is 0.500. The quantitative estimate of drug-likeness (QED) is 0.285. The molecule has 0 amide bonds. The monoisotopic (exact) mass is 515 g/mol. The molecule has 4 unspecified atom stereocenters. The minimum absolute atomic E-state index is 0.138. The second kappa shape index (κ2) is 6.56. The molecule has 0 spiro atoms. The van der Waals surface area contributed by atoms with Gasteiger partial charge in [-0.25, -0.2) is 4.98 Å². The van der Waals surface area contributed by atoms with Gasteiger partial charge in [-0.1, -0.05) is 71.9 Å². The van der Waals surface area contributed by atoms with Crippen molar-refractivity contribution in [1.29, 1.82) is 0 Å². The van der Waals surface area contributed by atoms with Gasteiger partial charge >= 0.3 is 0 Å². The molecular weight excluding hydrogens is 478 g/mol. The fourth-order valence-electron chi connectivity index (χ4n) is 9.95. The Balaban J connectivity index is 1.35. The number of H-pyrrole nitrogens is 2. The molecule has 5 aliphatic carbocycles. The van der Waals surface area contributed by atoms with Gasteiger partial charge in [-0.05, 0) is 65.7 Å². The Morgan fingerprint density at radius 3 is 1.95 bits per heavy atom. The van der Waals surface area contributed by atoms with Crippen molar-refractivity contribution in [3.05, 3.63) is 57.9 Å². The van der Waals surface area contributed by atoms with Crippen molar-refractivity contribution in [2.75, 3.05) is 0 Å². The van der Waals surface area contributed by atoms with Crippen molar-refractivity contribution in [3.63, 3.8) is 0 Å². The average molecular weight is 516 g/mol. The topological polar surface area (TPSA) is 70.2 Å². The number of rotatable bonds is 2. The zero-order valence-electron chi connectivity index (χ0n) is 23.9. The first-order valence-corrected chi connectivity index (χ1v) is 14.9. The second-order valence-electron chi connectivity index (χ2n) is 14.7. The number of aromatic amines is 2. The summed E-state index contributed by atoms with van der Waals surface area (Å²) in [4.78, 5) is 5.58. The van der Waals surface area contributed by atoms with Crippen LogP contribution in [0.2, 0.25) is 0 Å². The van der Waals surface area contributed by atoms with Gasteiger partial charge in [0.25, 0.3) is 0 Å². The van der Waals surface area contributed by atoms with Gasteiger partial charge in [0.15, 0.2) is 0 Å². The van der Waals surface area contributed by atoms with Gasteiger partial charge in [-0.15, -0.1) is 0 Å². The summed E-state index contributed by atoms with van der Waals surface area (Å²) in [5.41, 5.74) is 13.0. The molecule has 5 aliphatic rings. The molecule has 1 aromatic carbocycles. The number of hydrogen-bond donors (Lipinski definition) is 2. The van der Waals surface area contributed by atoms with E-state index < -0.39 is 0 Å². The predicted octanol–water partition coefficient (Wildman–Crippen LogP) is 7.93. The number of nitrogens with zero attached hydrogens (tertiary/aromatic N) is 3. The minimum atomic E-state index is 0.138. The van der Waals surface area contributed by atoms with Gasteiger partial charge in [-0.2, -0.15) is 10.2 Å². The van der Waals surface area contributed by atoms with Crippen LogP contribution in [0.3, 0.4) is 0 Å². The molecule has 0 aliphatic heterocycles. The summed E-state index contributed by atoms with van der Waals surface area (Å²) in [7, 11) is 0. The molecule has 2 N–H and O–H groups in total. The molecule has 4 bridgehead atoms. The van der Waals surface area contributed by atoms with Gasteiger partial charge in [0.05, 0.1) is 11.4 Å². The van der Waals surface area contributed by atoms with E-state index in [1.54, 1.807) is 0 Å². The summed E-state index contributed by atoms with van der Waals surface area (Å²) >= 11 is 0. The fourth-order valence-corrected chi connectivity index (χ4v) is 9.95. The Bertz CT molecular complexity index is 1800. The van der Waals surface area contributed by atoms with Crippen molar-refractivity contribution in [1.82, 2.24) is 25.4 Å². The summed E-state index contributed by atoms with van der Waals surface area (Å²) in [6.45, 7) is 14.7.